The molecule has 0 aromatic heterocycles. The van der Waals surface area contributed by atoms with E-state index in [0.29, 0.717) is 6.54 Å². The minimum atomic E-state index is -1.42. The number of likely N-dealkylation sites (tertiary alicyclic amines) is 1. The molecule has 5 nitrogen and oxygen atoms in total. The van der Waals surface area contributed by atoms with Gasteiger partial charge in [0.1, 0.15) is 0 Å². The molecule has 0 aliphatic carbocycles. The molecule has 15 heavy (non-hydrogen) atoms. The molecular formula is C10H18N2O3. The van der Waals surface area contributed by atoms with Gasteiger partial charge in [-0.2, -0.15) is 0 Å². The minimum absolute atomic E-state index is 0.216. The highest BCUT2D eigenvalue weighted by Crippen LogP contribution is 2.11. The van der Waals surface area contributed by atoms with Crippen molar-refractivity contribution in [2.75, 3.05) is 19.6 Å². The summed E-state index contributed by atoms with van der Waals surface area (Å²) in [6.07, 6.45) is 3.65. The molecule has 1 fully saturated rings. The maximum atomic E-state index is 10.8. The number of amides is 1. The zero-order valence-corrected chi connectivity index (χ0v) is 9.03. The second-order valence-electron chi connectivity index (χ2n) is 3.96. The first-order valence-corrected chi connectivity index (χ1v) is 5.36. The van der Waals surface area contributed by atoms with Crippen LogP contribution >= 0.6 is 0 Å². The maximum absolute atomic E-state index is 10.8. The average molecular weight is 214 g/mol. The number of carboxylic acids is 1. The van der Waals surface area contributed by atoms with Crippen LogP contribution in [0.3, 0.4) is 0 Å². The van der Waals surface area contributed by atoms with Crippen LogP contribution in [0.2, 0.25) is 0 Å². The molecule has 0 saturated carbocycles. The Kier molecular flexibility index (Phi) is 4.55. The normalized spacial score (nSPS) is 19.5. The van der Waals surface area contributed by atoms with Crippen molar-refractivity contribution in [2.24, 2.45) is 0 Å². The number of rotatable bonds is 3. The van der Waals surface area contributed by atoms with Crippen molar-refractivity contribution in [2.45, 2.75) is 32.2 Å². The van der Waals surface area contributed by atoms with Crippen LogP contribution in [0, 0.1) is 0 Å². The van der Waals surface area contributed by atoms with Crippen LogP contribution in [0.4, 0.5) is 0 Å². The summed E-state index contributed by atoms with van der Waals surface area (Å²) in [4.78, 5) is 23.3. The molecule has 1 saturated heterocycles. The molecule has 5 heteroatoms. The first-order chi connectivity index (χ1) is 7.11. The van der Waals surface area contributed by atoms with Crippen molar-refractivity contribution in [3.05, 3.63) is 0 Å². The molecule has 0 spiro atoms. The number of carbonyl (C=O) groups excluding carboxylic acids is 1. The van der Waals surface area contributed by atoms with Crippen LogP contribution in [0.5, 0.6) is 0 Å². The zero-order valence-electron chi connectivity index (χ0n) is 9.03. The Bertz CT molecular complexity index is 237. The third-order valence-corrected chi connectivity index (χ3v) is 2.77. The first-order valence-electron chi connectivity index (χ1n) is 5.36. The highest BCUT2D eigenvalue weighted by atomic mass is 16.4. The summed E-state index contributed by atoms with van der Waals surface area (Å²) >= 11 is 0. The molecule has 1 atom stereocenters. The van der Waals surface area contributed by atoms with Gasteiger partial charge in [0.2, 0.25) is 0 Å². The summed E-state index contributed by atoms with van der Waals surface area (Å²) in [5.41, 5.74) is 0. The van der Waals surface area contributed by atoms with E-state index in [0.717, 1.165) is 13.1 Å². The fourth-order valence-electron chi connectivity index (χ4n) is 1.80. The predicted octanol–water partition coefficient (Wildman–Crippen LogP) is 0.0616. The van der Waals surface area contributed by atoms with Crippen LogP contribution < -0.4 is 5.32 Å². The molecule has 1 unspecified atom stereocenters. The topological polar surface area (TPSA) is 69.6 Å². The lowest BCUT2D eigenvalue weighted by atomic mass is 10.1. The number of aliphatic carboxylic acids is 1. The maximum Gasteiger partial charge on any atom is 0.394 e. The highest BCUT2D eigenvalue weighted by molar-refractivity contribution is 6.31. The van der Waals surface area contributed by atoms with Gasteiger partial charge in [0.05, 0.1) is 0 Å². The molecule has 0 aromatic rings. The van der Waals surface area contributed by atoms with Crippen LogP contribution in [-0.4, -0.2) is 47.6 Å². The van der Waals surface area contributed by atoms with Crippen molar-refractivity contribution in [3.63, 3.8) is 0 Å². The number of hydrogen-bond acceptors (Lipinski definition) is 3. The van der Waals surface area contributed by atoms with Crippen molar-refractivity contribution in [1.29, 1.82) is 0 Å². The third-order valence-electron chi connectivity index (χ3n) is 2.77. The van der Waals surface area contributed by atoms with E-state index in [-0.39, 0.29) is 6.04 Å². The fraction of sp³-hybridized carbons (Fsp3) is 0.800. The Morgan fingerprint density at radius 1 is 1.33 bits per heavy atom. The second-order valence-corrected chi connectivity index (χ2v) is 3.96. The number of piperidine rings is 1. The Morgan fingerprint density at radius 2 is 1.93 bits per heavy atom. The Hall–Kier alpha value is -1.10. The smallest absolute Gasteiger partial charge is 0.394 e. The number of carbonyl (C=O) groups is 2. The monoisotopic (exact) mass is 214 g/mol. The molecule has 0 aromatic carbocycles. The second kappa shape index (κ2) is 5.70. The first kappa shape index (κ1) is 12.0. The van der Waals surface area contributed by atoms with Gasteiger partial charge in [-0.25, -0.2) is 4.79 Å². The summed E-state index contributed by atoms with van der Waals surface area (Å²) in [5.74, 6) is -2.33. The Labute approximate surface area is 89.4 Å². The van der Waals surface area contributed by atoms with Gasteiger partial charge in [0.25, 0.3) is 0 Å². The van der Waals surface area contributed by atoms with Gasteiger partial charge >= 0.3 is 11.9 Å². The quantitative estimate of drug-likeness (QED) is 0.652. The third kappa shape index (κ3) is 3.87. The van der Waals surface area contributed by atoms with Crippen LogP contribution in [0.25, 0.3) is 0 Å². The van der Waals surface area contributed by atoms with Gasteiger partial charge in [-0.15, -0.1) is 0 Å². The van der Waals surface area contributed by atoms with Crippen molar-refractivity contribution in [3.8, 4) is 0 Å². The van der Waals surface area contributed by atoms with Gasteiger partial charge in [0, 0.05) is 12.6 Å². The fourth-order valence-corrected chi connectivity index (χ4v) is 1.80. The van der Waals surface area contributed by atoms with Gasteiger partial charge in [0.15, 0.2) is 0 Å². The van der Waals surface area contributed by atoms with Crippen LogP contribution in [-0.2, 0) is 9.59 Å². The summed E-state index contributed by atoms with van der Waals surface area (Å²) in [6.45, 7) is 4.51. The highest BCUT2D eigenvalue weighted by Gasteiger charge is 2.18. The van der Waals surface area contributed by atoms with Crippen molar-refractivity contribution in [1.82, 2.24) is 10.2 Å². The van der Waals surface area contributed by atoms with Gasteiger partial charge in [-0.3, -0.25) is 9.69 Å². The standard InChI is InChI=1S/C10H18N2O3/c1-8(7-11-9(13)10(14)15)12-5-3-2-4-6-12/h8H,2-7H2,1H3,(H,11,13)(H,14,15). The SMILES string of the molecule is CC(CNC(=O)C(=O)O)N1CCCCC1. The molecule has 1 heterocycles. The van der Waals surface area contributed by atoms with E-state index in [9.17, 15) is 9.59 Å². The lowest BCUT2D eigenvalue weighted by Gasteiger charge is -2.32. The number of nitrogens with zero attached hydrogens (tertiary/aromatic N) is 1. The van der Waals surface area contributed by atoms with Crippen molar-refractivity contribution < 1.29 is 14.7 Å². The van der Waals surface area contributed by atoms with E-state index in [1.807, 2.05) is 6.92 Å². The molecule has 1 aliphatic rings. The van der Waals surface area contributed by atoms with E-state index >= 15 is 0 Å². The van der Waals surface area contributed by atoms with E-state index in [1.165, 1.54) is 19.3 Å². The number of nitrogens with one attached hydrogen (secondary N) is 1. The molecule has 86 valence electrons. The summed E-state index contributed by atoms with van der Waals surface area (Å²) < 4.78 is 0. The Balaban J connectivity index is 2.25. The summed E-state index contributed by atoms with van der Waals surface area (Å²) in [7, 11) is 0. The number of carboxylic acid groups (broad SMARTS) is 1. The van der Waals surface area contributed by atoms with Gasteiger partial charge < -0.3 is 10.4 Å². The minimum Gasteiger partial charge on any atom is -0.474 e. The summed E-state index contributed by atoms with van der Waals surface area (Å²) in [5, 5.41) is 10.8. The predicted molar refractivity (Wildman–Crippen MR) is 55.5 cm³/mol. The van der Waals surface area contributed by atoms with E-state index in [1.54, 1.807) is 0 Å². The average Bonchev–Trinajstić information content (AvgIpc) is 2.26. The van der Waals surface area contributed by atoms with E-state index in [4.69, 9.17) is 5.11 Å². The molecule has 1 rings (SSSR count). The zero-order chi connectivity index (χ0) is 11.3. The molecule has 0 bridgehead atoms. The van der Waals surface area contributed by atoms with Crippen LogP contribution in [0.15, 0.2) is 0 Å². The molecule has 0 radical (unpaired) electrons. The van der Waals surface area contributed by atoms with Gasteiger partial charge in [-0.1, -0.05) is 6.42 Å². The largest absolute Gasteiger partial charge is 0.474 e. The molecule has 2 N–H and O–H groups in total. The van der Waals surface area contributed by atoms with Crippen molar-refractivity contribution >= 4 is 11.9 Å². The molecule has 1 amide bonds. The number of hydrogen-bond donors (Lipinski definition) is 2. The Morgan fingerprint density at radius 3 is 2.47 bits per heavy atom. The van der Waals surface area contributed by atoms with Crippen LogP contribution in [0.1, 0.15) is 26.2 Å². The van der Waals surface area contributed by atoms with Gasteiger partial charge in [-0.05, 0) is 32.9 Å². The molecular weight excluding hydrogens is 196 g/mol. The summed E-state index contributed by atoms with van der Waals surface area (Å²) in [6, 6.07) is 0.216. The lowest BCUT2D eigenvalue weighted by molar-refractivity contribution is -0.150. The lowest BCUT2D eigenvalue weighted by Crippen LogP contribution is -2.45. The molecule has 1 aliphatic heterocycles. The van der Waals surface area contributed by atoms with E-state index in [2.05, 4.69) is 10.2 Å². The van der Waals surface area contributed by atoms with E-state index < -0.39 is 11.9 Å².